The fourth-order valence-electron chi connectivity index (χ4n) is 4.89. The highest BCUT2D eigenvalue weighted by molar-refractivity contribution is 5.93. The van der Waals surface area contributed by atoms with Gasteiger partial charge in [-0.05, 0) is 36.1 Å². The molecule has 0 saturated heterocycles. The zero-order chi connectivity index (χ0) is 24.9. The summed E-state index contributed by atoms with van der Waals surface area (Å²) in [5.41, 5.74) is 4.32. The number of esters is 1. The number of nitrogens with zero attached hydrogens (tertiary/aromatic N) is 3. The maximum absolute atomic E-state index is 13.1. The van der Waals surface area contributed by atoms with Crippen molar-refractivity contribution in [1.29, 1.82) is 0 Å². The lowest BCUT2D eigenvalue weighted by Crippen LogP contribution is -2.29. The standard InChI is InChI=1S/C28H30N4O4/c1-35-28(34)27-24-10-12-31(19-21-18-30-23-9-3-2-8-22(21)23)13-14-32(24)26(33)16-25(27)36-15-5-7-20-6-4-11-29-17-20/h2-4,6,8-9,11,16-18,30H,5,7,10,12-15,19H2,1H3. The predicted molar refractivity (Wildman–Crippen MR) is 137 cm³/mol. The van der Waals surface area contributed by atoms with E-state index in [2.05, 4.69) is 27.0 Å². The van der Waals surface area contributed by atoms with Gasteiger partial charge >= 0.3 is 5.97 Å². The minimum Gasteiger partial charge on any atom is -0.492 e. The second-order valence-electron chi connectivity index (χ2n) is 9.01. The third-order valence-electron chi connectivity index (χ3n) is 6.73. The van der Waals surface area contributed by atoms with E-state index in [1.165, 1.54) is 24.1 Å². The molecule has 1 aromatic carbocycles. The molecular weight excluding hydrogens is 456 g/mol. The van der Waals surface area contributed by atoms with Crippen LogP contribution in [0.2, 0.25) is 0 Å². The Morgan fingerprint density at radius 2 is 2.03 bits per heavy atom. The van der Waals surface area contributed by atoms with E-state index in [-0.39, 0.29) is 5.56 Å². The minimum atomic E-state index is -0.480. The lowest BCUT2D eigenvalue weighted by atomic mass is 10.1. The Balaban J connectivity index is 1.33. The number of aromatic nitrogens is 3. The first-order valence-corrected chi connectivity index (χ1v) is 12.3. The number of nitrogens with one attached hydrogen (secondary N) is 1. The van der Waals surface area contributed by atoms with Crippen LogP contribution in [0.1, 0.15) is 33.6 Å². The number of carbonyl (C=O) groups is 1. The Hall–Kier alpha value is -3.91. The van der Waals surface area contributed by atoms with Gasteiger partial charge in [-0.1, -0.05) is 24.3 Å². The number of aryl methyl sites for hydroxylation is 1. The number of aromatic amines is 1. The molecule has 0 radical (unpaired) electrons. The van der Waals surface area contributed by atoms with E-state index in [1.54, 1.807) is 10.8 Å². The van der Waals surface area contributed by atoms with Gasteiger partial charge in [0.2, 0.25) is 0 Å². The highest BCUT2D eigenvalue weighted by Crippen LogP contribution is 2.25. The smallest absolute Gasteiger partial charge is 0.343 e. The SMILES string of the molecule is COC(=O)c1c(OCCCc2cccnc2)cc(=O)n2c1CCN(Cc1c[nH]c3ccccc13)CC2. The molecule has 0 bridgehead atoms. The number of para-hydroxylation sites is 1. The van der Waals surface area contributed by atoms with Crippen LogP contribution in [-0.4, -0.2) is 52.2 Å². The second-order valence-corrected chi connectivity index (χ2v) is 9.01. The average Bonchev–Trinajstić information content (AvgIpc) is 3.19. The molecule has 0 saturated carbocycles. The van der Waals surface area contributed by atoms with Crippen molar-refractivity contribution >= 4 is 16.9 Å². The van der Waals surface area contributed by atoms with Gasteiger partial charge in [-0.3, -0.25) is 14.7 Å². The molecule has 0 atom stereocenters. The number of hydrogen-bond acceptors (Lipinski definition) is 6. The lowest BCUT2D eigenvalue weighted by Gasteiger charge is -2.18. The Morgan fingerprint density at radius 1 is 1.14 bits per heavy atom. The van der Waals surface area contributed by atoms with Gasteiger partial charge in [-0.15, -0.1) is 0 Å². The van der Waals surface area contributed by atoms with Gasteiger partial charge in [0.15, 0.2) is 0 Å². The molecule has 4 heterocycles. The van der Waals surface area contributed by atoms with Crippen LogP contribution in [0.3, 0.4) is 0 Å². The number of fused-ring (bicyclic) bond motifs is 2. The van der Waals surface area contributed by atoms with Gasteiger partial charge in [0.05, 0.1) is 13.7 Å². The molecule has 3 aromatic heterocycles. The van der Waals surface area contributed by atoms with Crippen LogP contribution in [0.25, 0.3) is 10.9 Å². The van der Waals surface area contributed by atoms with E-state index in [0.717, 1.165) is 30.5 Å². The molecule has 0 fully saturated rings. The highest BCUT2D eigenvalue weighted by atomic mass is 16.5. The Morgan fingerprint density at radius 3 is 2.86 bits per heavy atom. The Bertz CT molecular complexity index is 1410. The fraction of sp³-hybridized carbons (Fsp3) is 0.321. The zero-order valence-corrected chi connectivity index (χ0v) is 20.4. The summed E-state index contributed by atoms with van der Waals surface area (Å²) in [6.45, 7) is 3.07. The van der Waals surface area contributed by atoms with E-state index in [1.807, 2.05) is 36.7 Å². The number of ether oxygens (including phenoxy) is 2. The molecule has 8 heteroatoms. The molecule has 0 unspecified atom stereocenters. The van der Waals surface area contributed by atoms with Crippen LogP contribution in [0, 0.1) is 0 Å². The van der Waals surface area contributed by atoms with E-state index in [4.69, 9.17) is 9.47 Å². The van der Waals surface area contributed by atoms with Crippen LogP contribution in [0.15, 0.2) is 65.8 Å². The van der Waals surface area contributed by atoms with Gasteiger partial charge in [0, 0.05) is 73.9 Å². The number of benzene rings is 1. The van der Waals surface area contributed by atoms with E-state index >= 15 is 0 Å². The third kappa shape index (κ3) is 5.04. The van der Waals surface area contributed by atoms with Gasteiger partial charge in [-0.25, -0.2) is 4.79 Å². The van der Waals surface area contributed by atoms with Gasteiger partial charge in [0.25, 0.3) is 5.56 Å². The molecular formula is C28H30N4O4. The molecule has 0 spiro atoms. The van der Waals surface area contributed by atoms with Crippen molar-refractivity contribution in [3.63, 3.8) is 0 Å². The van der Waals surface area contributed by atoms with Crippen LogP contribution in [-0.2, 0) is 30.7 Å². The van der Waals surface area contributed by atoms with Crippen molar-refractivity contribution in [2.24, 2.45) is 0 Å². The Kier molecular flexibility index (Phi) is 7.13. The number of carbonyl (C=O) groups excluding carboxylic acids is 1. The molecule has 4 aromatic rings. The zero-order valence-electron chi connectivity index (χ0n) is 20.4. The van der Waals surface area contributed by atoms with Crippen molar-refractivity contribution in [3.8, 4) is 5.75 Å². The summed E-state index contributed by atoms with van der Waals surface area (Å²) in [5.74, 6) is -0.180. The quantitative estimate of drug-likeness (QED) is 0.303. The topological polar surface area (TPSA) is 89.5 Å². The number of H-pyrrole nitrogens is 1. The number of methoxy groups -OCH3 is 1. The van der Waals surface area contributed by atoms with Crippen molar-refractivity contribution in [2.75, 3.05) is 26.8 Å². The van der Waals surface area contributed by atoms with Crippen molar-refractivity contribution in [3.05, 3.63) is 93.8 Å². The van der Waals surface area contributed by atoms with Crippen LogP contribution in [0.4, 0.5) is 0 Å². The predicted octanol–water partition coefficient (Wildman–Crippen LogP) is 3.58. The molecule has 186 valence electrons. The van der Waals surface area contributed by atoms with Crippen LogP contribution >= 0.6 is 0 Å². The average molecular weight is 487 g/mol. The number of hydrogen-bond donors (Lipinski definition) is 1. The summed E-state index contributed by atoms with van der Waals surface area (Å²) in [7, 11) is 1.36. The summed E-state index contributed by atoms with van der Waals surface area (Å²) in [5, 5.41) is 1.20. The molecule has 36 heavy (non-hydrogen) atoms. The maximum atomic E-state index is 13.1. The molecule has 1 aliphatic heterocycles. The normalized spacial score (nSPS) is 13.8. The molecule has 8 nitrogen and oxygen atoms in total. The summed E-state index contributed by atoms with van der Waals surface area (Å²) in [6.07, 6.45) is 7.71. The van der Waals surface area contributed by atoms with Crippen LogP contribution < -0.4 is 10.3 Å². The second kappa shape index (κ2) is 10.8. The summed E-state index contributed by atoms with van der Waals surface area (Å²) >= 11 is 0. The number of rotatable bonds is 8. The van der Waals surface area contributed by atoms with Gasteiger partial charge in [0.1, 0.15) is 11.3 Å². The van der Waals surface area contributed by atoms with Crippen molar-refractivity contribution in [1.82, 2.24) is 19.4 Å². The monoisotopic (exact) mass is 486 g/mol. The molecule has 0 amide bonds. The summed E-state index contributed by atoms with van der Waals surface area (Å²) in [6, 6.07) is 13.6. The summed E-state index contributed by atoms with van der Waals surface area (Å²) in [4.78, 5) is 35.7. The fourth-order valence-corrected chi connectivity index (χ4v) is 4.89. The summed E-state index contributed by atoms with van der Waals surface area (Å²) < 4.78 is 12.8. The van der Waals surface area contributed by atoms with Gasteiger partial charge < -0.3 is 19.0 Å². The first-order valence-electron chi connectivity index (χ1n) is 12.3. The van der Waals surface area contributed by atoms with Gasteiger partial charge in [-0.2, -0.15) is 0 Å². The minimum absolute atomic E-state index is 0.158. The molecule has 1 N–H and O–H groups in total. The Labute approximate surface area is 209 Å². The first kappa shape index (κ1) is 23.8. The molecule has 5 rings (SSSR count). The lowest BCUT2D eigenvalue weighted by molar-refractivity contribution is 0.0593. The highest BCUT2D eigenvalue weighted by Gasteiger charge is 2.26. The van der Waals surface area contributed by atoms with Crippen molar-refractivity contribution in [2.45, 2.75) is 32.4 Å². The molecule has 0 aliphatic carbocycles. The van der Waals surface area contributed by atoms with E-state index < -0.39 is 5.97 Å². The maximum Gasteiger partial charge on any atom is 0.343 e. The third-order valence-corrected chi connectivity index (χ3v) is 6.73. The van der Waals surface area contributed by atoms with Crippen molar-refractivity contribution < 1.29 is 14.3 Å². The van der Waals surface area contributed by atoms with Crippen LogP contribution in [0.5, 0.6) is 5.75 Å². The first-order chi connectivity index (χ1) is 17.6. The largest absolute Gasteiger partial charge is 0.492 e. The number of pyridine rings is 2. The van der Waals surface area contributed by atoms with E-state index in [9.17, 15) is 9.59 Å². The van der Waals surface area contributed by atoms with E-state index in [0.29, 0.717) is 49.7 Å². The molecule has 1 aliphatic rings.